The summed E-state index contributed by atoms with van der Waals surface area (Å²) in [6.45, 7) is 4.15. The fraction of sp³-hybridized carbons (Fsp3) is 0.190. The summed E-state index contributed by atoms with van der Waals surface area (Å²) in [4.78, 5) is 12.2. The number of amides is 1. The number of phenols is 1. The van der Waals surface area contributed by atoms with Crippen molar-refractivity contribution in [1.82, 2.24) is 0 Å². The number of carbonyl (C=O) groups excluding carboxylic acids is 1. The molecule has 0 saturated heterocycles. The number of aromatic hydroxyl groups is 1. The molecule has 0 aliphatic heterocycles. The summed E-state index contributed by atoms with van der Waals surface area (Å²) >= 11 is 1.64. The van der Waals surface area contributed by atoms with Crippen LogP contribution in [0.5, 0.6) is 5.75 Å². The molecular weight excluding hydrogens is 344 g/mol. The normalized spacial score (nSPS) is 10.0. The molecule has 0 aliphatic rings. The average molecular weight is 369 g/mol. The van der Waals surface area contributed by atoms with Crippen molar-refractivity contribution < 1.29 is 9.90 Å². The molecule has 1 aromatic heterocycles. The fourth-order valence-corrected chi connectivity index (χ4v) is 3.60. The van der Waals surface area contributed by atoms with E-state index in [1.54, 1.807) is 23.5 Å². The predicted octanol–water partition coefficient (Wildman–Crippen LogP) is 4.80. The monoisotopic (exact) mass is 368 g/mol. The Morgan fingerprint density at radius 1 is 1.08 bits per heavy atom. The van der Waals surface area contributed by atoms with E-state index in [0.717, 1.165) is 33.6 Å². The molecule has 0 saturated carbocycles. The molecule has 4 nitrogen and oxygen atoms in total. The highest BCUT2D eigenvalue weighted by atomic mass is 32.1. The summed E-state index contributed by atoms with van der Waals surface area (Å²) in [7, 11) is 1.50. The van der Waals surface area contributed by atoms with E-state index in [4.69, 9.17) is 0 Å². The fourth-order valence-electron chi connectivity index (χ4n) is 2.90. The number of nitrogens with two attached hydrogens (primary N) is 1. The number of benzene rings is 2. The highest BCUT2D eigenvalue weighted by Crippen LogP contribution is 2.45. The lowest BCUT2D eigenvalue weighted by Gasteiger charge is -2.16. The van der Waals surface area contributed by atoms with Crippen LogP contribution in [0, 0.1) is 6.92 Å². The minimum atomic E-state index is 0.205. The zero-order chi connectivity index (χ0) is 19.1. The van der Waals surface area contributed by atoms with E-state index in [1.807, 2.05) is 30.5 Å². The van der Waals surface area contributed by atoms with Crippen LogP contribution in [0.25, 0.3) is 22.3 Å². The van der Waals surface area contributed by atoms with Crippen molar-refractivity contribution in [2.75, 3.05) is 12.4 Å². The third kappa shape index (κ3) is 3.95. The van der Waals surface area contributed by atoms with Gasteiger partial charge in [-0.05, 0) is 60.7 Å². The summed E-state index contributed by atoms with van der Waals surface area (Å²) in [5.41, 5.74) is 9.98. The Hall–Kier alpha value is -2.63. The van der Waals surface area contributed by atoms with Crippen LogP contribution >= 0.6 is 11.3 Å². The van der Waals surface area contributed by atoms with Crippen molar-refractivity contribution in [3.63, 3.8) is 0 Å². The van der Waals surface area contributed by atoms with Gasteiger partial charge in [-0.3, -0.25) is 4.79 Å². The number of nitrogens with one attached hydrogen (secondary N) is 1. The molecule has 0 atom stereocenters. The summed E-state index contributed by atoms with van der Waals surface area (Å²) in [6.07, 6.45) is 1.64. The quantitative estimate of drug-likeness (QED) is 0.447. The Balaban J connectivity index is 0.00000117. The lowest BCUT2D eigenvalue weighted by atomic mass is 9.92. The van der Waals surface area contributed by atoms with Crippen LogP contribution in [0.4, 0.5) is 5.69 Å². The van der Waals surface area contributed by atoms with E-state index in [-0.39, 0.29) is 5.75 Å². The molecule has 0 bridgehead atoms. The van der Waals surface area contributed by atoms with Crippen molar-refractivity contribution in [2.24, 2.45) is 5.73 Å². The number of rotatable bonds is 5. The molecule has 0 unspecified atom stereocenters. The van der Waals surface area contributed by atoms with Gasteiger partial charge in [0.05, 0.1) is 0 Å². The number of aryl methyl sites for hydroxylation is 2. The van der Waals surface area contributed by atoms with Crippen molar-refractivity contribution in [2.45, 2.75) is 20.3 Å². The lowest BCUT2D eigenvalue weighted by molar-refractivity contribution is -0.105. The molecule has 5 heteroatoms. The topological polar surface area (TPSA) is 75.3 Å². The van der Waals surface area contributed by atoms with Gasteiger partial charge in [0.1, 0.15) is 5.75 Å². The standard InChI is InChI=1S/C20H19NO2S.CH5N/c1-3-14-4-6-15(7-5-14)19-18(23)9-8-17(21-12-22)20(19)16-10-11-24-13(16)2;1-2/h4-12,23H,3H2,1-2H3,(H,21,22);2H2,1H3. The number of anilines is 1. The molecule has 0 fully saturated rings. The van der Waals surface area contributed by atoms with Crippen LogP contribution in [-0.4, -0.2) is 18.6 Å². The number of phenolic OH excluding ortho intramolecular Hbond substituents is 1. The average Bonchev–Trinajstić information content (AvgIpc) is 3.10. The third-order valence-electron chi connectivity index (χ3n) is 4.18. The van der Waals surface area contributed by atoms with E-state index in [9.17, 15) is 9.90 Å². The van der Waals surface area contributed by atoms with Crippen LogP contribution < -0.4 is 11.1 Å². The minimum absolute atomic E-state index is 0.205. The second-order valence-electron chi connectivity index (χ2n) is 5.59. The van der Waals surface area contributed by atoms with Gasteiger partial charge in [-0.2, -0.15) is 0 Å². The van der Waals surface area contributed by atoms with Gasteiger partial charge in [0.15, 0.2) is 0 Å². The predicted molar refractivity (Wildman–Crippen MR) is 111 cm³/mol. The minimum Gasteiger partial charge on any atom is -0.507 e. The Kier molecular flexibility index (Phi) is 6.95. The highest BCUT2D eigenvalue weighted by Gasteiger charge is 2.18. The van der Waals surface area contributed by atoms with E-state index in [2.05, 4.69) is 30.1 Å². The van der Waals surface area contributed by atoms with Gasteiger partial charge >= 0.3 is 0 Å². The summed E-state index contributed by atoms with van der Waals surface area (Å²) < 4.78 is 0. The first kappa shape index (κ1) is 19.7. The second-order valence-corrected chi connectivity index (χ2v) is 6.71. The van der Waals surface area contributed by atoms with Gasteiger partial charge in [-0.15, -0.1) is 11.3 Å². The van der Waals surface area contributed by atoms with Crippen LogP contribution in [-0.2, 0) is 11.2 Å². The molecule has 0 spiro atoms. The van der Waals surface area contributed by atoms with Crippen LogP contribution in [0.1, 0.15) is 17.4 Å². The Morgan fingerprint density at radius 2 is 1.77 bits per heavy atom. The number of thiophene rings is 1. The van der Waals surface area contributed by atoms with E-state index in [1.165, 1.54) is 12.6 Å². The first-order valence-electron chi connectivity index (χ1n) is 8.43. The van der Waals surface area contributed by atoms with Gasteiger partial charge < -0.3 is 16.2 Å². The summed E-state index contributed by atoms with van der Waals surface area (Å²) in [6, 6.07) is 13.6. The molecular formula is C21H24N2O2S. The zero-order valence-corrected chi connectivity index (χ0v) is 16.1. The second kappa shape index (κ2) is 9.17. The molecule has 4 N–H and O–H groups in total. The molecule has 3 aromatic rings. The SMILES string of the molecule is CCc1ccc(-c2c(O)ccc(NC=O)c2-c2ccsc2C)cc1.CN. The molecule has 3 rings (SSSR count). The molecule has 2 aromatic carbocycles. The molecule has 0 radical (unpaired) electrons. The maximum Gasteiger partial charge on any atom is 0.211 e. The van der Waals surface area contributed by atoms with E-state index >= 15 is 0 Å². The first-order valence-corrected chi connectivity index (χ1v) is 9.31. The first-order chi connectivity index (χ1) is 12.7. The number of carbonyl (C=O) groups is 1. The molecule has 1 amide bonds. The van der Waals surface area contributed by atoms with Crippen LogP contribution in [0.3, 0.4) is 0 Å². The third-order valence-corrected chi connectivity index (χ3v) is 5.02. The van der Waals surface area contributed by atoms with Crippen LogP contribution in [0.2, 0.25) is 0 Å². The largest absolute Gasteiger partial charge is 0.507 e. The maximum absolute atomic E-state index is 11.0. The lowest BCUT2D eigenvalue weighted by Crippen LogP contribution is -1.99. The van der Waals surface area contributed by atoms with Crippen molar-refractivity contribution in [3.05, 3.63) is 58.3 Å². The highest BCUT2D eigenvalue weighted by molar-refractivity contribution is 7.10. The van der Waals surface area contributed by atoms with Gasteiger partial charge in [-0.25, -0.2) is 0 Å². The maximum atomic E-state index is 11.0. The van der Waals surface area contributed by atoms with Crippen molar-refractivity contribution in [1.29, 1.82) is 0 Å². The van der Waals surface area contributed by atoms with Gasteiger partial charge in [0.2, 0.25) is 6.41 Å². The number of hydrogen-bond donors (Lipinski definition) is 3. The van der Waals surface area contributed by atoms with E-state index < -0.39 is 0 Å². The molecule has 0 aliphatic carbocycles. The molecule has 26 heavy (non-hydrogen) atoms. The van der Waals surface area contributed by atoms with Gasteiger partial charge in [0, 0.05) is 21.7 Å². The Morgan fingerprint density at radius 3 is 2.31 bits per heavy atom. The molecule has 136 valence electrons. The zero-order valence-electron chi connectivity index (χ0n) is 15.2. The molecule has 1 heterocycles. The Bertz CT molecular complexity index is 870. The summed E-state index contributed by atoms with van der Waals surface area (Å²) in [5.74, 6) is 0.205. The smallest absolute Gasteiger partial charge is 0.211 e. The van der Waals surface area contributed by atoms with Gasteiger partial charge in [-0.1, -0.05) is 31.2 Å². The van der Waals surface area contributed by atoms with Crippen molar-refractivity contribution in [3.8, 4) is 28.0 Å². The van der Waals surface area contributed by atoms with Crippen molar-refractivity contribution >= 4 is 23.4 Å². The van der Waals surface area contributed by atoms with Crippen LogP contribution in [0.15, 0.2) is 47.8 Å². The van der Waals surface area contributed by atoms with Gasteiger partial charge in [0.25, 0.3) is 0 Å². The van der Waals surface area contributed by atoms with E-state index in [0.29, 0.717) is 12.1 Å². The Labute approximate surface area is 158 Å². The summed E-state index contributed by atoms with van der Waals surface area (Å²) in [5, 5.41) is 15.3. The number of hydrogen-bond acceptors (Lipinski definition) is 4.